The van der Waals surface area contributed by atoms with E-state index in [2.05, 4.69) is 20.9 Å². The summed E-state index contributed by atoms with van der Waals surface area (Å²) in [4.78, 5) is 4.14. The van der Waals surface area contributed by atoms with Crippen LogP contribution in [-0.2, 0) is 0 Å². The van der Waals surface area contributed by atoms with Gasteiger partial charge in [-0.05, 0) is 34.0 Å². The molecule has 0 radical (unpaired) electrons. The molecule has 3 nitrogen and oxygen atoms in total. The molecule has 1 heterocycles. The van der Waals surface area contributed by atoms with Gasteiger partial charge in [0, 0.05) is 17.5 Å². The molecule has 76 valence electrons. The summed E-state index contributed by atoms with van der Waals surface area (Å²) in [5.74, 6) is 0.544. The van der Waals surface area contributed by atoms with E-state index in [4.69, 9.17) is 0 Å². The van der Waals surface area contributed by atoms with Crippen LogP contribution < -0.4 is 4.73 Å². The Morgan fingerprint density at radius 1 is 1.20 bits per heavy atom. The average molecular weight is 266 g/mol. The van der Waals surface area contributed by atoms with Gasteiger partial charge in [-0.15, -0.1) is 0 Å². The van der Waals surface area contributed by atoms with Crippen LogP contribution in [-0.4, -0.2) is 10.2 Å². The molecule has 4 heteroatoms. The van der Waals surface area contributed by atoms with Crippen molar-refractivity contribution >= 4 is 15.9 Å². The van der Waals surface area contributed by atoms with Crippen molar-refractivity contribution in [1.29, 1.82) is 0 Å². The Bertz CT molecular complexity index is 482. The summed E-state index contributed by atoms with van der Waals surface area (Å²) >= 11 is 3.36. The number of hydrogen-bond donors (Lipinski definition) is 1. The minimum atomic E-state index is 0.544. The van der Waals surface area contributed by atoms with Crippen molar-refractivity contribution in [2.75, 3.05) is 0 Å². The third-order valence-corrected chi connectivity index (χ3v) is 2.68. The van der Waals surface area contributed by atoms with Crippen LogP contribution in [0, 0.1) is 6.92 Å². The zero-order chi connectivity index (χ0) is 10.8. The van der Waals surface area contributed by atoms with Gasteiger partial charge in [0.1, 0.15) is 6.20 Å². The van der Waals surface area contributed by atoms with Gasteiger partial charge in [-0.2, -0.15) is 0 Å². The standard InChI is InChI=1S/C11H10BrN2O/c1-8-6-7-13-11(14(8)15)9-2-4-10(12)5-3-9/h2-7,15H,1H3/q+1. The van der Waals surface area contributed by atoms with Crippen LogP contribution in [0.25, 0.3) is 11.4 Å². The molecule has 2 aromatic rings. The van der Waals surface area contributed by atoms with E-state index in [9.17, 15) is 5.21 Å². The van der Waals surface area contributed by atoms with Gasteiger partial charge in [-0.25, -0.2) is 0 Å². The minimum absolute atomic E-state index is 0.544. The minimum Gasteiger partial charge on any atom is -0.349 e. The highest BCUT2D eigenvalue weighted by atomic mass is 79.9. The Kier molecular flexibility index (Phi) is 2.68. The van der Waals surface area contributed by atoms with E-state index in [1.807, 2.05) is 31.2 Å². The maximum absolute atomic E-state index is 9.76. The number of aryl methyl sites for hydroxylation is 1. The van der Waals surface area contributed by atoms with Gasteiger partial charge < -0.3 is 5.21 Å². The van der Waals surface area contributed by atoms with Crippen LogP contribution in [0.2, 0.25) is 0 Å². The van der Waals surface area contributed by atoms with Crippen LogP contribution in [0.3, 0.4) is 0 Å². The normalized spacial score (nSPS) is 10.3. The molecule has 1 aromatic carbocycles. The highest BCUT2D eigenvalue weighted by Crippen LogP contribution is 2.16. The molecule has 1 aromatic heterocycles. The van der Waals surface area contributed by atoms with Crippen LogP contribution in [0.5, 0.6) is 0 Å². The number of aromatic nitrogens is 2. The molecule has 0 saturated carbocycles. The smallest absolute Gasteiger partial charge is 0.349 e. The lowest BCUT2D eigenvalue weighted by atomic mass is 10.2. The fraction of sp³-hybridized carbons (Fsp3) is 0.0909. The van der Waals surface area contributed by atoms with Gasteiger partial charge in [0.2, 0.25) is 0 Å². The summed E-state index contributed by atoms with van der Waals surface area (Å²) in [6.45, 7) is 1.82. The predicted molar refractivity (Wildman–Crippen MR) is 59.5 cm³/mol. The molecule has 2 rings (SSSR count). The van der Waals surface area contributed by atoms with E-state index < -0.39 is 0 Å². The molecular formula is C11H10BrN2O+. The Morgan fingerprint density at radius 2 is 1.87 bits per heavy atom. The number of rotatable bonds is 1. The second-order valence-electron chi connectivity index (χ2n) is 3.23. The van der Waals surface area contributed by atoms with Crippen molar-refractivity contribution in [3.8, 4) is 11.4 Å². The topological polar surface area (TPSA) is 37.0 Å². The van der Waals surface area contributed by atoms with Crippen LogP contribution in [0.4, 0.5) is 0 Å². The number of nitrogens with zero attached hydrogens (tertiary/aromatic N) is 2. The third-order valence-electron chi connectivity index (χ3n) is 2.15. The summed E-state index contributed by atoms with van der Waals surface area (Å²) < 4.78 is 2.09. The van der Waals surface area contributed by atoms with Gasteiger partial charge in [-0.1, -0.05) is 15.9 Å². The maximum atomic E-state index is 9.76. The third kappa shape index (κ3) is 1.99. The number of benzene rings is 1. The van der Waals surface area contributed by atoms with Crippen molar-refractivity contribution < 1.29 is 9.94 Å². The summed E-state index contributed by atoms with van der Waals surface area (Å²) in [6.07, 6.45) is 1.68. The summed E-state index contributed by atoms with van der Waals surface area (Å²) in [7, 11) is 0. The lowest BCUT2D eigenvalue weighted by Crippen LogP contribution is -2.37. The van der Waals surface area contributed by atoms with Crippen LogP contribution in [0.15, 0.2) is 41.0 Å². The van der Waals surface area contributed by atoms with E-state index in [1.165, 1.54) is 0 Å². The molecule has 0 aliphatic carbocycles. The first-order valence-electron chi connectivity index (χ1n) is 4.51. The highest BCUT2D eigenvalue weighted by molar-refractivity contribution is 9.10. The SMILES string of the molecule is Cc1ccnc(-c2ccc(Br)cc2)[n+]1O. The van der Waals surface area contributed by atoms with Gasteiger partial charge >= 0.3 is 5.82 Å². The summed E-state index contributed by atoms with van der Waals surface area (Å²) in [5.41, 5.74) is 1.63. The molecular weight excluding hydrogens is 256 g/mol. The fourth-order valence-corrected chi connectivity index (χ4v) is 1.57. The zero-order valence-electron chi connectivity index (χ0n) is 8.18. The molecule has 0 aliphatic rings. The second kappa shape index (κ2) is 3.98. The molecule has 0 amide bonds. The highest BCUT2D eigenvalue weighted by Gasteiger charge is 2.15. The average Bonchev–Trinajstić information content (AvgIpc) is 2.24. The van der Waals surface area contributed by atoms with E-state index in [0.717, 1.165) is 20.5 Å². The van der Waals surface area contributed by atoms with Crippen molar-refractivity contribution in [2.24, 2.45) is 0 Å². The Labute approximate surface area is 96.1 Å². The lowest BCUT2D eigenvalue weighted by Gasteiger charge is -1.98. The number of halogens is 1. The molecule has 0 spiro atoms. The van der Waals surface area contributed by atoms with Crippen molar-refractivity contribution in [3.63, 3.8) is 0 Å². The van der Waals surface area contributed by atoms with E-state index in [0.29, 0.717) is 5.82 Å². The second-order valence-corrected chi connectivity index (χ2v) is 4.14. The Morgan fingerprint density at radius 3 is 2.53 bits per heavy atom. The van der Waals surface area contributed by atoms with Crippen LogP contribution >= 0.6 is 15.9 Å². The van der Waals surface area contributed by atoms with Crippen LogP contribution in [0.1, 0.15) is 5.69 Å². The largest absolute Gasteiger partial charge is 0.368 e. The van der Waals surface area contributed by atoms with Gasteiger partial charge in [-0.3, -0.25) is 0 Å². The fourth-order valence-electron chi connectivity index (χ4n) is 1.30. The monoisotopic (exact) mass is 265 g/mol. The quantitative estimate of drug-likeness (QED) is 0.635. The molecule has 0 unspecified atom stereocenters. The van der Waals surface area contributed by atoms with Crippen molar-refractivity contribution in [3.05, 3.63) is 46.7 Å². The Hall–Kier alpha value is -1.42. The molecule has 15 heavy (non-hydrogen) atoms. The maximum Gasteiger partial charge on any atom is 0.368 e. The number of hydrogen-bond acceptors (Lipinski definition) is 2. The van der Waals surface area contributed by atoms with E-state index in [1.54, 1.807) is 12.3 Å². The van der Waals surface area contributed by atoms with E-state index in [-0.39, 0.29) is 0 Å². The first-order valence-corrected chi connectivity index (χ1v) is 5.30. The van der Waals surface area contributed by atoms with Gasteiger partial charge in [0.05, 0.1) is 5.56 Å². The van der Waals surface area contributed by atoms with Crippen molar-refractivity contribution in [1.82, 2.24) is 4.98 Å². The first-order chi connectivity index (χ1) is 7.18. The molecule has 1 N–H and O–H groups in total. The van der Waals surface area contributed by atoms with Crippen molar-refractivity contribution in [2.45, 2.75) is 6.92 Å². The molecule has 0 atom stereocenters. The lowest BCUT2D eigenvalue weighted by molar-refractivity contribution is -0.901. The summed E-state index contributed by atoms with van der Waals surface area (Å²) in [6, 6.07) is 9.39. The van der Waals surface area contributed by atoms with Gasteiger partial charge in [0.15, 0.2) is 5.69 Å². The molecule has 0 fully saturated rings. The molecule has 0 saturated heterocycles. The Balaban J connectivity index is 2.54. The zero-order valence-corrected chi connectivity index (χ0v) is 9.77. The molecule has 0 bridgehead atoms. The summed E-state index contributed by atoms with van der Waals surface area (Å²) in [5, 5.41) is 9.76. The molecule has 0 aliphatic heterocycles. The van der Waals surface area contributed by atoms with E-state index >= 15 is 0 Å². The first kappa shape index (κ1) is 10.1. The predicted octanol–water partition coefficient (Wildman–Crippen LogP) is 2.34. The van der Waals surface area contributed by atoms with Gasteiger partial charge in [0.25, 0.3) is 0 Å².